The van der Waals surface area contributed by atoms with Crippen molar-refractivity contribution in [1.29, 1.82) is 0 Å². The van der Waals surface area contributed by atoms with E-state index in [1.165, 1.54) is 22.5 Å². The van der Waals surface area contributed by atoms with Gasteiger partial charge >= 0.3 is 4.87 Å². The minimum Gasteiger partial charge on any atom is -0.379 e. The fraction of sp³-hybridized carbons (Fsp3) is 0.524. The number of carbonyl (C=O) groups excluding carboxylic acids is 1. The number of ether oxygens (including phenoxy) is 1. The molecular formula is C21H29N3O3S. The molecule has 1 fully saturated rings. The predicted molar refractivity (Wildman–Crippen MR) is 112 cm³/mol. The van der Waals surface area contributed by atoms with Gasteiger partial charge in [0.05, 0.1) is 19.3 Å². The topological polar surface area (TPSA) is 63.6 Å². The van der Waals surface area contributed by atoms with E-state index < -0.39 is 0 Å². The zero-order chi connectivity index (χ0) is 20.1. The molecule has 1 amide bonds. The van der Waals surface area contributed by atoms with Gasteiger partial charge in [-0.1, -0.05) is 41.2 Å². The Hall–Kier alpha value is -1.96. The van der Waals surface area contributed by atoms with Crippen LogP contribution in [0.1, 0.15) is 34.2 Å². The van der Waals surface area contributed by atoms with E-state index in [0.29, 0.717) is 19.5 Å². The summed E-state index contributed by atoms with van der Waals surface area (Å²) in [6, 6.07) is 8.58. The number of morpholine rings is 1. The van der Waals surface area contributed by atoms with Crippen molar-refractivity contribution in [2.75, 3.05) is 32.8 Å². The Morgan fingerprint density at radius 3 is 2.64 bits per heavy atom. The van der Waals surface area contributed by atoms with Crippen LogP contribution in [0.25, 0.3) is 0 Å². The van der Waals surface area contributed by atoms with Crippen LogP contribution in [-0.2, 0) is 16.1 Å². The molecule has 1 atom stereocenters. The Morgan fingerprint density at radius 2 is 2.00 bits per heavy atom. The first kappa shape index (κ1) is 20.8. The summed E-state index contributed by atoms with van der Waals surface area (Å²) in [4.78, 5) is 27.8. The molecule has 3 rings (SSSR count). The molecule has 1 aliphatic heterocycles. The Kier molecular flexibility index (Phi) is 7.04. The molecule has 1 saturated heterocycles. The molecule has 1 N–H and O–H groups in total. The van der Waals surface area contributed by atoms with Crippen molar-refractivity contribution in [2.24, 2.45) is 0 Å². The maximum atomic E-state index is 12.5. The van der Waals surface area contributed by atoms with E-state index in [1.807, 2.05) is 13.8 Å². The van der Waals surface area contributed by atoms with Crippen LogP contribution in [0.4, 0.5) is 0 Å². The maximum absolute atomic E-state index is 12.5. The summed E-state index contributed by atoms with van der Waals surface area (Å²) >= 11 is 1.24. The molecular weight excluding hydrogens is 374 g/mol. The first-order valence-corrected chi connectivity index (χ1v) is 10.6. The van der Waals surface area contributed by atoms with Crippen LogP contribution < -0.4 is 10.2 Å². The van der Waals surface area contributed by atoms with E-state index in [0.717, 1.165) is 36.9 Å². The van der Waals surface area contributed by atoms with Crippen molar-refractivity contribution in [2.45, 2.75) is 39.8 Å². The van der Waals surface area contributed by atoms with Crippen molar-refractivity contribution < 1.29 is 9.53 Å². The van der Waals surface area contributed by atoms with Crippen molar-refractivity contribution in [1.82, 2.24) is 14.8 Å². The highest BCUT2D eigenvalue weighted by atomic mass is 32.1. The molecule has 1 aliphatic rings. The number of aryl methyl sites for hydroxylation is 2. The number of rotatable bonds is 7. The zero-order valence-electron chi connectivity index (χ0n) is 16.9. The van der Waals surface area contributed by atoms with Crippen molar-refractivity contribution >= 4 is 17.2 Å². The summed E-state index contributed by atoms with van der Waals surface area (Å²) in [5.74, 6) is -0.0268. The van der Waals surface area contributed by atoms with Gasteiger partial charge in [0.2, 0.25) is 5.91 Å². The van der Waals surface area contributed by atoms with E-state index in [1.54, 1.807) is 4.57 Å². The predicted octanol–water partition coefficient (Wildman–Crippen LogP) is 2.41. The fourth-order valence-electron chi connectivity index (χ4n) is 3.58. The number of carbonyl (C=O) groups is 1. The summed E-state index contributed by atoms with van der Waals surface area (Å²) in [6.45, 7) is 10.1. The highest BCUT2D eigenvalue weighted by molar-refractivity contribution is 7.09. The quantitative estimate of drug-likeness (QED) is 0.771. The number of benzene rings is 1. The molecule has 28 heavy (non-hydrogen) atoms. The molecule has 0 bridgehead atoms. The van der Waals surface area contributed by atoms with Crippen LogP contribution in [0.15, 0.2) is 29.1 Å². The molecule has 1 aromatic heterocycles. The standard InChI is InChI=1S/C21H29N3O3S/c1-15-5-4-6-18(13-15)19(23-9-11-27-12-10-23)14-22-20(25)7-8-24-16(2)17(3)28-21(24)26/h4-6,13,19H,7-12,14H2,1-3H3,(H,22,25). The van der Waals surface area contributed by atoms with Gasteiger partial charge < -0.3 is 14.6 Å². The van der Waals surface area contributed by atoms with Gasteiger partial charge in [-0.2, -0.15) is 0 Å². The van der Waals surface area contributed by atoms with Gasteiger partial charge in [-0.3, -0.25) is 14.5 Å². The number of nitrogens with one attached hydrogen (secondary N) is 1. The third-order valence-corrected chi connectivity index (χ3v) is 6.34. The molecule has 0 spiro atoms. The first-order valence-electron chi connectivity index (χ1n) is 9.77. The van der Waals surface area contributed by atoms with E-state index in [4.69, 9.17) is 4.74 Å². The SMILES string of the molecule is Cc1cccc(C(CNC(=O)CCn2c(C)c(C)sc2=O)N2CCOCC2)c1. The molecule has 2 heterocycles. The normalized spacial score (nSPS) is 16.1. The van der Waals surface area contributed by atoms with Gasteiger partial charge in [0, 0.05) is 43.2 Å². The summed E-state index contributed by atoms with van der Waals surface area (Å²) < 4.78 is 7.18. The summed E-state index contributed by atoms with van der Waals surface area (Å²) in [5, 5.41) is 3.08. The van der Waals surface area contributed by atoms with E-state index in [-0.39, 0.29) is 16.8 Å². The molecule has 152 valence electrons. The largest absolute Gasteiger partial charge is 0.379 e. The minimum atomic E-state index is -0.0268. The smallest absolute Gasteiger partial charge is 0.307 e. The highest BCUT2D eigenvalue weighted by Crippen LogP contribution is 2.22. The van der Waals surface area contributed by atoms with Gasteiger partial charge in [-0.05, 0) is 26.3 Å². The number of hydrogen-bond acceptors (Lipinski definition) is 5. The second kappa shape index (κ2) is 9.49. The van der Waals surface area contributed by atoms with Gasteiger partial charge in [-0.15, -0.1) is 0 Å². The second-order valence-electron chi connectivity index (χ2n) is 7.29. The van der Waals surface area contributed by atoms with Crippen LogP contribution in [0.2, 0.25) is 0 Å². The Bertz CT molecular complexity index is 868. The van der Waals surface area contributed by atoms with Gasteiger partial charge in [0.15, 0.2) is 0 Å². The lowest BCUT2D eigenvalue weighted by Crippen LogP contribution is -2.44. The average Bonchev–Trinajstić information content (AvgIpc) is 2.93. The Morgan fingerprint density at radius 1 is 1.25 bits per heavy atom. The summed E-state index contributed by atoms with van der Waals surface area (Å²) in [7, 11) is 0. The number of thiazole rings is 1. The molecule has 1 unspecified atom stereocenters. The molecule has 1 aromatic carbocycles. The number of aromatic nitrogens is 1. The molecule has 0 saturated carbocycles. The van der Waals surface area contributed by atoms with Crippen molar-refractivity contribution in [3.8, 4) is 0 Å². The molecule has 7 heteroatoms. The monoisotopic (exact) mass is 403 g/mol. The van der Waals surface area contributed by atoms with E-state index in [2.05, 4.69) is 41.4 Å². The lowest BCUT2D eigenvalue weighted by molar-refractivity contribution is -0.121. The molecule has 0 radical (unpaired) electrons. The third kappa shape index (κ3) is 5.10. The summed E-state index contributed by atoms with van der Waals surface area (Å²) in [5.41, 5.74) is 3.38. The number of nitrogens with zero attached hydrogens (tertiary/aromatic N) is 2. The van der Waals surface area contributed by atoms with Crippen LogP contribution in [0, 0.1) is 20.8 Å². The van der Waals surface area contributed by atoms with E-state index in [9.17, 15) is 9.59 Å². The number of hydrogen-bond donors (Lipinski definition) is 1. The van der Waals surface area contributed by atoms with Crippen LogP contribution >= 0.6 is 11.3 Å². The molecule has 2 aromatic rings. The first-order chi connectivity index (χ1) is 13.5. The zero-order valence-corrected chi connectivity index (χ0v) is 17.7. The fourth-order valence-corrected chi connectivity index (χ4v) is 4.44. The third-order valence-electron chi connectivity index (χ3n) is 5.34. The average molecular weight is 404 g/mol. The van der Waals surface area contributed by atoms with Crippen molar-refractivity contribution in [3.05, 3.63) is 55.6 Å². The van der Waals surface area contributed by atoms with Crippen molar-refractivity contribution in [3.63, 3.8) is 0 Å². The second-order valence-corrected chi connectivity index (χ2v) is 8.46. The lowest BCUT2D eigenvalue weighted by atomic mass is 10.0. The van der Waals surface area contributed by atoms with Gasteiger partial charge in [0.25, 0.3) is 0 Å². The van der Waals surface area contributed by atoms with Crippen LogP contribution in [-0.4, -0.2) is 48.2 Å². The van der Waals surface area contributed by atoms with Gasteiger partial charge in [-0.25, -0.2) is 0 Å². The summed E-state index contributed by atoms with van der Waals surface area (Å²) in [6.07, 6.45) is 0.306. The van der Waals surface area contributed by atoms with E-state index >= 15 is 0 Å². The molecule has 0 aliphatic carbocycles. The van der Waals surface area contributed by atoms with Crippen LogP contribution in [0.3, 0.4) is 0 Å². The maximum Gasteiger partial charge on any atom is 0.307 e. The highest BCUT2D eigenvalue weighted by Gasteiger charge is 2.23. The van der Waals surface area contributed by atoms with Gasteiger partial charge in [0.1, 0.15) is 0 Å². The Labute approximate surface area is 170 Å². The lowest BCUT2D eigenvalue weighted by Gasteiger charge is -2.35. The minimum absolute atomic E-state index is 0.00811. The van der Waals surface area contributed by atoms with Crippen LogP contribution in [0.5, 0.6) is 0 Å². The number of amides is 1. The Balaban J connectivity index is 1.62. The molecule has 6 nitrogen and oxygen atoms in total.